The van der Waals surface area contributed by atoms with E-state index in [-0.39, 0.29) is 12.1 Å². The summed E-state index contributed by atoms with van der Waals surface area (Å²) in [6.07, 6.45) is 0. The van der Waals surface area contributed by atoms with Crippen LogP contribution in [0.2, 0.25) is 0 Å². The molecule has 108 valence electrons. The Morgan fingerprint density at radius 1 is 1.00 bits per heavy atom. The monoisotopic (exact) mass is 289 g/mol. The topological polar surface area (TPSA) is 32.3 Å². The smallest absolute Gasteiger partial charge is 0.120 e. The summed E-state index contributed by atoms with van der Waals surface area (Å²) in [5.41, 5.74) is 3.48. The van der Waals surface area contributed by atoms with Gasteiger partial charge in [-0.1, -0.05) is 17.7 Å². The van der Waals surface area contributed by atoms with Crippen LogP contribution in [-0.2, 0) is 0 Å². The largest absolute Gasteiger partial charge is 0.508 e. The second-order valence-electron chi connectivity index (χ2n) is 5.54. The SMILES string of the molecule is Cc1ccc(O)c(C(C)NC(C)c2cc(C)sc2C)c1. The maximum Gasteiger partial charge on any atom is 0.120 e. The zero-order valence-corrected chi connectivity index (χ0v) is 13.6. The van der Waals surface area contributed by atoms with Crippen molar-refractivity contribution in [3.8, 4) is 5.75 Å². The second-order valence-corrected chi connectivity index (χ2v) is 7.00. The fourth-order valence-corrected chi connectivity index (χ4v) is 3.68. The molecular formula is C17H23NOS. The highest BCUT2D eigenvalue weighted by molar-refractivity contribution is 7.12. The fraction of sp³-hybridized carbons (Fsp3) is 0.412. The normalized spacial score (nSPS) is 14.2. The number of hydrogen-bond acceptors (Lipinski definition) is 3. The van der Waals surface area contributed by atoms with E-state index in [1.165, 1.54) is 20.9 Å². The van der Waals surface area contributed by atoms with Crippen molar-refractivity contribution in [3.63, 3.8) is 0 Å². The molecule has 2 aromatic rings. The number of rotatable bonds is 4. The zero-order valence-electron chi connectivity index (χ0n) is 12.8. The molecule has 0 saturated carbocycles. The van der Waals surface area contributed by atoms with Gasteiger partial charge in [0.15, 0.2) is 0 Å². The molecule has 1 aromatic carbocycles. The Kier molecular flexibility index (Phi) is 4.51. The van der Waals surface area contributed by atoms with Crippen molar-refractivity contribution in [1.82, 2.24) is 5.32 Å². The van der Waals surface area contributed by atoms with Crippen molar-refractivity contribution >= 4 is 11.3 Å². The first-order valence-corrected chi connectivity index (χ1v) is 7.82. The zero-order chi connectivity index (χ0) is 14.9. The van der Waals surface area contributed by atoms with Gasteiger partial charge in [-0.3, -0.25) is 0 Å². The minimum atomic E-state index is 0.115. The number of aryl methyl sites for hydroxylation is 3. The third-order valence-corrected chi connectivity index (χ3v) is 4.68. The minimum absolute atomic E-state index is 0.115. The van der Waals surface area contributed by atoms with Gasteiger partial charge in [-0.25, -0.2) is 0 Å². The van der Waals surface area contributed by atoms with Gasteiger partial charge >= 0.3 is 0 Å². The number of nitrogens with one attached hydrogen (secondary N) is 1. The summed E-state index contributed by atoms with van der Waals surface area (Å²) < 4.78 is 0. The Bertz CT molecular complexity index is 603. The highest BCUT2D eigenvalue weighted by Crippen LogP contribution is 2.30. The van der Waals surface area contributed by atoms with Crippen LogP contribution in [0.5, 0.6) is 5.75 Å². The number of thiophene rings is 1. The summed E-state index contributed by atoms with van der Waals surface area (Å²) in [4.78, 5) is 2.71. The molecule has 2 nitrogen and oxygen atoms in total. The Balaban J connectivity index is 2.17. The maximum absolute atomic E-state index is 10.0. The van der Waals surface area contributed by atoms with Crippen molar-refractivity contribution in [2.75, 3.05) is 0 Å². The highest BCUT2D eigenvalue weighted by atomic mass is 32.1. The van der Waals surface area contributed by atoms with Crippen molar-refractivity contribution in [2.45, 2.75) is 46.7 Å². The summed E-state index contributed by atoms with van der Waals surface area (Å²) in [7, 11) is 0. The van der Waals surface area contributed by atoms with Crippen LogP contribution in [0.25, 0.3) is 0 Å². The molecule has 2 rings (SSSR count). The molecule has 0 amide bonds. The number of benzene rings is 1. The quantitative estimate of drug-likeness (QED) is 0.848. The molecule has 1 heterocycles. The minimum Gasteiger partial charge on any atom is -0.508 e. The summed E-state index contributed by atoms with van der Waals surface area (Å²) in [6, 6.07) is 8.39. The third kappa shape index (κ3) is 3.22. The lowest BCUT2D eigenvalue weighted by Crippen LogP contribution is -2.22. The molecule has 0 bridgehead atoms. The standard InChI is InChI=1S/C17H23NOS/c1-10-6-7-17(19)16(8-10)13(4)18-12(3)15-9-11(2)20-14(15)5/h6-9,12-13,18-19H,1-5H3. The van der Waals surface area contributed by atoms with E-state index in [0.29, 0.717) is 5.75 Å². The van der Waals surface area contributed by atoms with Gasteiger partial charge in [-0.2, -0.15) is 0 Å². The highest BCUT2D eigenvalue weighted by Gasteiger charge is 2.16. The van der Waals surface area contributed by atoms with E-state index in [2.05, 4.69) is 39.1 Å². The lowest BCUT2D eigenvalue weighted by atomic mass is 10.0. The van der Waals surface area contributed by atoms with E-state index >= 15 is 0 Å². The lowest BCUT2D eigenvalue weighted by Gasteiger charge is -2.21. The fourth-order valence-electron chi connectivity index (χ4n) is 2.66. The molecule has 0 radical (unpaired) electrons. The molecule has 0 aliphatic carbocycles. The molecule has 3 heteroatoms. The van der Waals surface area contributed by atoms with Gasteiger partial charge in [0.25, 0.3) is 0 Å². The summed E-state index contributed by atoms with van der Waals surface area (Å²) in [5, 5.41) is 13.6. The van der Waals surface area contributed by atoms with Crippen LogP contribution in [0.4, 0.5) is 0 Å². The molecule has 2 atom stereocenters. The Morgan fingerprint density at radius 3 is 2.25 bits per heavy atom. The van der Waals surface area contributed by atoms with Gasteiger partial charge < -0.3 is 10.4 Å². The molecule has 0 aliphatic heterocycles. The van der Waals surface area contributed by atoms with Crippen LogP contribution < -0.4 is 5.32 Å². The molecule has 0 aliphatic rings. The summed E-state index contributed by atoms with van der Waals surface area (Å²) in [5.74, 6) is 0.362. The Hall–Kier alpha value is -1.32. The average Bonchev–Trinajstić information content (AvgIpc) is 2.71. The molecule has 20 heavy (non-hydrogen) atoms. The molecule has 0 fully saturated rings. The maximum atomic E-state index is 10.0. The van der Waals surface area contributed by atoms with E-state index in [0.717, 1.165) is 5.56 Å². The van der Waals surface area contributed by atoms with Crippen molar-refractivity contribution in [3.05, 3.63) is 50.7 Å². The van der Waals surface area contributed by atoms with E-state index in [4.69, 9.17) is 0 Å². The van der Waals surface area contributed by atoms with Gasteiger partial charge in [0.05, 0.1) is 0 Å². The first kappa shape index (κ1) is 15.1. The molecule has 2 N–H and O–H groups in total. The van der Waals surface area contributed by atoms with Crippen molar-refractivity contribution < 1.29 is 5.11 Å². The van der Waals surface area contributed by atoms with Crippen molar-refractivity contribution in [1.29, 1.82) is 0 Å². The van der Waals surface area contributed by atoms with Gasteiger partial charge in [0, 0.05) is 27.4 Å². The van der Waals surface area contributed by atoms with Gasteiger partial charge in [0.2, 0.25) is 0 Å². The average molecular weight is 289 g/mol. The van der Waals surface area contributed by atoms with Crippen LogP contribution in [0.15, 0.2) is 24.3 Å². The molecule has 2 unspecified atom stereocenters. The molecular weight excluding hydrogens is 266 g/mol. The number of phenols is 1. The number of hydrogen-bond donors (Lipinski definition) is 2. The summed E-state index contributed by atoms with van der Waals surface area (Å²) in [6.45, 7) is 10.6. The van der Waals surface area contributed by atoms with Gasteiger partial charge in [0.1, 0.15) is 5.75 Å². The molecule has 0 spiro atoms. The Labute approximate surface area is 125 Å². The van der Waals surface area contributed by atoms with E-state index in [1.54, 1.807) is 6.07 Å². The van der Waals surface area contributed by atoms with Crippen molar-refractivity contribution in [2.24, 2.45) is 0 Å². The van der Waals surface area contributed by atoms with E-state index < -0.39 is 0 Å². The Morgan fingerprint density at radius 2 is 1.65 bits per heavy atom. The second kappa shape index (κ2) is 5.98. The van der Waals surface area contributed by atoms with Crippen LogP contribution in [0.1, 0.15) is 52.4 Å². The number of aromatic hydroxyl groups is 1. The van der Waals surface area contributed by atoms with Gasteiger partial charge in [-0.15, -0.1) is 11.3 Å². The molecule has 0 saturated heterocycles. The third-order valence-electron chi connectivity index (χ3n) is 3.70. The first-order valence-electron chi connectivity index (χ1n) is 7.01. The number of phenolic OH excluding ortho intramolecular Hbond substituents is 1. The molecule has 1 aromatic heterocycles. The van der Waals surface area contributed by atoms with Gasteiger partial charge in [-0.05, 0) is 52.3 Å². The summed E-state index contributed by atoms with van der Waals surface area (Å²) >= 11 is 1.84. The van der Waals surface area contributed by atoms with E-state index in [1.807, 2.05) is 30.4 Å². The van der Waals surface area contributed by atoms with Crippen LogP contribution >= 0.6 is 11.3 Å². The van der Waals surface area contributed by atoms with Crippen LogP contribution in [0, 0.1) is 20.8 Å². The van der Waals surface area contributed by atoms with E-state index in [9.17, 15) is 5.11 Å². The predicted octanol–water partition coefficient (Wildman–Crippen LogP) is 4.79. The first-order chi connectivity index (χ1) is 9.38. The van der Waals surface area contributed by atoms with Crippen LogP contribution in [-0.4, -0.2) is 5.11 Å². The lowest BCUT2D eigenvalue weighted by molar-refractivity contribution is 0.438. The van der Waals surface area contributed by atoms with Crippen LogP contribution in [0.3, 0.4) is 0 Å². The predicted molar refractivity (Wildman–Crippen MR) is 86.6 cm³/mol.